The third-order valence-electron chi connectivity index (χ3n) is 5.30. The van der Waals surface area contributed by atoms with Crippen LogP contribution in [0.15, 0.2) is 52.2 Å². The number of nitrogens with zero attached hydrogens (tertiary/aromatic N) is 1. The number of pyridine rings is 1. The maximum absolute atomic E-state index is 13.1. The number of hydrogen-bond acceptors (Lipinski definition) is 7. The number of aromatic amines is 1. The van der Waals surface area contributed by atoms with Gasteiger partial charge in [-0.05, 0) is 30.3 Å². The molecule has 1 fully saturated rings. The summed E-state index contributed by atoms with van der Waals surface area (Å²) < 4.78 is 43.3. The van der Waals surface area contributed by atoms with Crippen LogP contribution in [0.5, 0.6) is 11.5 Å². The highest BCUT2D eigenvalue weighted by Crippen LogP contribution is 2.34. The van der Waals surface area contributed by atoms with Crippen molar-refractivity contribution in [3.8, 4) is 11.5 Å². The molecule has 3 heterocycles. The summed E-state index contributed by atoms with van der Waals surface area (Å²) >= 11 is 0. The maximum Gasteiger partial charge on any atom is 0.256 e. The van der Waals surface area contributed by atoms with E-state index in [0.29, 0.717) is 41.3 Å². The molecule has 0 spiro atoms. The Morgan fingerprint density at radius 1 is 1.00 bits per heavy atom. The Labute approximate surface area is 182 Å². The van der Waals surface area contributed by atoms with E-state index < -0.39 is 21.5 Å². The quantitative estimate of drug-likeness (QED) is 0.608. The SMILES string of the molecule is O=C(Nc1ccc2c(c1)OCO2)c1cc(=O)[nH]c2ccc(S(=O)(=O)N3CCOCC3)cc12. The molecule has 32 heavy (non-hydrogen) atoms. The van der Waals surface area contributed by atoms with Crippen LogP contribution in [0.25, 0.3) is 10.9 Å². The van der Waals surface area contributed by atoms with E-state index in [0.717, 1.165) is 6.07 Å². The number of aromatic nitrogens is 1. The van der Waals surface area contributed by atoms with Gasteiger partial charge in [0, 0.05) is 41.8 Å². The molecule has 0 bridgehead atoms. The minimum atomic E-state index is -3.77. The molecule has 2 aliphatic rings. The van der Waals surface area contributed by atoms with Gasteiger partial charge >= 0.3 is 0 Å². The average molecular weight is 457 g/mol. The molecule has 3 aromatic rings. The largest absolute Gasteiger partial charge is 0.454 e. The van der Waals surface area contributed by atoms with E-state index in [1.807, 2.05) is 0 Å². The monoisotopic (exact) mass is 457 g/mol. The van der Waals surface area contributed by atoms with Crippen LogP contribution in [-0.2, 0) is 14.8 Å². The van der Waals surface area contributed by atoms with Crippen LogP contribution >= 0.6 is 0 Å². The van der Waals surface area contributed by atoms with Gasteiger partial charge in [-0.15, -0.1) is 0 Å². The minimum Gasteiger partial charge on any atom is -0.454 e. The number of anilines is 1. The van der Waals surface area contributed by atoms with Crippen LogP contribution in [0, 0.1) is 0 Å². The molecule has 166 valence electrons. The molecule has 0 unspecified atom stereocenters. The van der Waals surface area contributed by atoms with Crippen molar-refractivity contribution in [2.45, 2.75) is 4.90 Å². The lowest BCUT2D eigenvalue weighted by Gasteiger charge is -2.26. The standard InChI is InChI=1S/C21H19N3O7S/c25-20-11-16(21(26)22-13-1-4-18-19(9-13)31-12-30-18)15-10-14(2-3-17(15)23-20)32(27,28)24-5-7-29-8-6-24/h1-4,9-11H,5-8,12H2,(H,22,26)(H,23,25). The molecule has 0 saturated carbocycles. The summed E-state index contributed by atoms with van der Waals surface area (Å²) in [4.78, 5) is 27.8. The third kappa shape index (κ3) is 3.70. The normalized spacial score (nSPS) is 16.2. The summed E-state index contributed by atoms with van der Waals surface area (Å²) in [5.74, 6) is 0.515. The molecule has 0 radical (unpaired) electrons. The highest BCUT2D eigenvalue weighted by atomic mass is 32.2. The lowest BCUT2D eigenvalue weighted by atomic mass is 10.1. The molecule has 10 nitrogen and oxygen atoms in total. The summed E-state index contributed by atoms with van der Waals surface area (Å²) in [6.45, 7) is 1.26. The predicted octanol–water partition coefficient (Wildman–Crippen LogP) is 1.53. The van der Waals surface area contributed by atoms with Crippen molar-refractivity contribution in [1.29, 1.82) is 0 Å². The van der Waals surface area contributed by atoms with Crippen molar-refractivity contribution < 1.29 is 27.4 Å². The van der Waals surface area contributed by atoms with Crippen LogP contribution in [0.4, 0.5) is 5.69 Å². The summed E-state index contributed by atoms with van der Waals surface area (Å²) in [6, 6.07) is 10.4. The smallest absolute Gasteiger partial charge is 0.256 e. The fourth-order valence-corrected chi connectivity index (χ4v) is 5.12. The fraction of sp³-hybridized carbons (Fsp3) is 0.238. The van der Waals surface area contributed by atoms with Crippen molar-refractivity contribution in [3.05, 3.63) is 58.4 Å². The molecule has 1 aromatic heterocycles. The van der Waals surface area contributed by atoms with Gasteiger partial charge in [-0.25, -0.2) is 8.42 Å². The second kappa shape index (κ2) is 7.93. The number of H-pyrrole nitrogens is 1. The number of fused-ring (bicyclic) bond motifs is 2. The molecular formula is C21H19N3O7S. The van der Waals surface area contributed by atoms with Crippen molar-refractivity contribution in [1.82, 2.24) is 9.29 Å². The first-order valence-corrected chi connectivity index (χ1v) is 11.3. The van der Waals surface area contributed by atoms with E-state index >= 15 is 0 Å². The van der Waals surface area contributed by atoms with Crippen LogP contribution < -0.4 is 20.3 Å². The van der Waals surface area contributed by atoms with Crippen LogP contribution in [0.2, 0.25) is 0 Å². The van der Waals surface area contributed by atoms with Gasteiger partial charge in [0.05, 0.1) is 23.7 Å². The number of benzene rings is 2. The lowest BCUT2D eigenvalue weighted by Crippen LogP contribution is -2.40. The summed E-state index contributed by atoms with van der Waals surface area (Å²) in [6.07, 6.45) is 0. The molecule has 2 aliphatic heterocycles. The summed E-state index contributed by atoms with van der Waals surface area (Å²) in [7, 11) is -3.77. The Morgan fingerprint density at radius 3 is 2.59 bits per heavy atom. The van der Waals surface area contributed by atoms with E-state index in [9.17, 15) is 18.0 Å². The number of ether oxygens (including phenoxy) is 3. The Bertz CT molecular complexity index is 1380. The van der Waals surface area contributed by atoms with Crippen molar-refractivity contribution in [2.75, 3.05) is 38.4 Å². The molecule has 1 saturated heterocycles. The van der Waals surface area contributed by atoms with Gasteiger partial charge < -0.3 is 24.5 Å². The number of nitrogens with one attached hydrogen (secondary N) is 2. The first-order valence-electron chi connectivity index (χ1n) is 9.88. The zero-order valence-corrected chi connectivity index (χ0v) is 17.6. The summed E-state index contributed by atoms with van der Waals surface area (Å²) in [5.41, 5.74) is 0.386. The van der Waals surface area contributed by atoms with Gasteiger partial charge in [-0.2, -0.15) is 4.31 Å². The Hall–Kier alpha value is -3.41. The van der Waals surface area contributed by atoms with Gasteiger partial charge in [0.2, 0.25) is 22.4 Å². The fourth-order valence-electron chi connectivity index (χ4n) is 3.69. The second-order valence-corrected chi connectivity index (χ2v) is 9.23. The topological polar surface area (TPSA) is 127 Å². The second-order valence-electron chi connectivity index (χ2n) is 7.29. The minimum absolute atomic E-state index is 0.0380. The maximum atomic E-state index is 13.1. The predicted molar refractivity (Wildman–Crippen MR) is 115 cm³/mol. The Kier molecular flexibility index (Phi) is 5.08. The van der Waals surface area contributed by atoms with Gasteiger partial charge in [0.15, 0.2) is 11.5 Å². The molecule has 1 amide bonds. The van der Waals surface area contributed by atoms with Crippen molar-refractivity contribution in [2.24, 2.45) is 0 Å². The molecule has 5 rings (SSSR count). The zero-order valence-electron chi connectivity index (χ0n) is 16.8. The van der Waals surface area contributed by atoms with E-state index in [1.54, 1.807) is 18.2 Å². The number of carbonyl (C=O) groups is 1. The number of amides is 1. The van der Waals surface area contributed by atoms with E-state index in [2.05, 4.69) is 10.3 Å². The van der Waals surface area contributed by atoms with Crippen LogP contribution in [0.1, 0.15) is 10.4 Å². The number of rotatable bonds is 4. The van der Waals surface area contributed by atoms with Crippen molar-refractivity contribution in [3.63, 3.8) is 0 Å². The highest BCUT2D eigenvalue weighted by Gasteiger charge is 2.27. The number of morpholine rings is 1. The zero-order chi connectivity index (χ0) is 22.3. The first-order chi connectivity index (χ1) is 15.4. The van der Waals surface area contributed by atoms with Gasteiger partial charge in [0.1, 0.15) is 0 Å². The average Bonchev–Trinajstić information content (AvgIpc) is 3.26. The molecule has 0 aliphatic carbocycles. The molecule has 0 atom stereocenters. The van der Waals surface area contributed by atoms with Crippen molar-refractivity contribution >= 4 is 32.5 Å². The van der Waals surface area contributed by atoms with Gasteiger partial charge in [0.25, 0.3) is 5.91 Å². The molecule has 2 N–H and O–H groups in total. The van der Waals surface area contributed by atoms with Crippen LogP contribution in [-0.4, -0.2) is 56.7 Å². The molecule has 11 heteroatoms. The summed E-state index contributed by atoms with van der Waals surface area (Å²) in [5, 5.41) is 3.04. The number of sulfonamides is 1. The van der Waals surface area contributed by atoms with E-state index in [4.69, 9.17) is 14.2 Å². The molecular weight excluding hydrogens is 438 g/mol. The highest BCUT2D eigenvalue weighted by molar-refractivity contribution is 7.89. The van der Waals surface area contributed by atoms with Crippen LogP contribution in [0.3, 0.4) is 0 Å². The Balaban J connectivity index is 1.52. The van der Waals surface area contributed by atoms with E-state index in [1.165, 1.54) is 22.5 Å². The Morgan fingerprint density at radius 2 is 1.78 bits per heavy atom. The first kappa shape index (κ1) is 20.5. The number of carbonyl (C=O) groups excluding carboxylic acids is 1. The lowest BCUT2D eigenvalue weighted by molar-refractivity contribution is 0.0730. The number of hydrogen-bond donors (Lipinski definition) is 2. The van der Waals surface area contributed by atoms with Gasteiger partial charge in [-0.1, -0.05) is 0 Å². The van der Waals surface area contributed by atoms with E-state index in [-0.39, 0.29) is 30.3 Å². The van der Waals surface area contributed by atoms with Gasteiger partial charge in [-0.3, -0.25) is 9.59 Å². The molecule has 2 aromatic carbocycles. The third-order valence-corrected chi connectivity index (χ3v) is 7.19.